The van der Waals surface area contributed by atoms with Crippen molar-refractivity contribution in [1.82, 2.24) is 0 Å². The molecule has 0 rings (SSSR count). The lowest BCUT2D eigenvalue weighted by Gasteiger charge is -2.26. The molecule has 0 aliphatic rings. The van der Waals surface area contributed by atoms with Gasteiger partial charge in [0.2, 0.25) is 0 Å². The molecule has 0 spiro atoms. The van der Waals surface area contributed by atoms with Gasteiger partial charge in [-0.1, -0.05) is 0 Å². The normalized spacial score (nSPS) is 15.9. The van der Waals surface area contributed by atoms with Gasteiger partial charge in [0.1, 0.15) is 12.1 Å². The molecule has 0 amide bonds. The number of esters is 1. The number of aliphatic hydroxyl groups is 1. The van der Waals surface area contributed by atoms with Crippen LogP contribution in [0.2, 0.25) is 0 Å². The minimum atomic E-state index is -1.05. The molecular formula is C10H22N2O3. The Balaban J connectivity index is 4.02. The zero-order valence-electron chi connectivity index (χ0n) is 9.69. The first-order valence-corrected chi connectivity index (χ1v) is 5.17. The summed E-state index contributed by atoms with van der Waals surface area (Å²) < 4.78 is 5.02. The fraction of sp³-hybridized carbons (Fsp3) is 0.900. The topological polar surface area (TPSA) is 98.6 Å². The quantitative estimate of drug-likeness (QED) is 0.534. The Morgan fingerprint density at radius 3 is 2.47 bits per heavy atom. The molecule has 0 saturated heterocycles. The number of rotatable bonds is 6. The first-order chi connectivity index (χ1) is 6.79. The molecule has 5 nitrogen and oxygen atoms in total. The lowest BCUT2D eigenvalue weighted by atomic mass is 10.0. The molecule has 5 heteroatoms. The second-order valence-electron chi connectivity index (χ2n) is 4.27. The number of carbonyl (C=O) groups is 1. The van der Waals surface area contributed by atoms with Gasteiger partial charge >= 0.3 is 5.97 Å². The molecule has 2 atom stereocenters. The fourth-order valence-corrected chi connectivity index (χ4v) is 0.861. The van der Waals surface area contributed by atoms with Crippen LogP contribution in [0.4, 0.5) is 0 Å². The van der Waals surface area contributed by atoms with E-state index in [1.54, 1.807) is 20.8 Å². The Bertz CT molecular complexity index is 201. The van der Waals surface area contributed by atoms with Gasteiger partial charge in [-0.25, -0.2) is 0 Å². The first-order valence-electron chi connectivity index (χ1n) is 5.17. The van der Waals surface area contributed by atoms with E-state index in [0.29, 0.717) is 19.4 Å². The summed E-state index contributed by atoms with van der Waals surface area (Å²) in [6.07, 6.45) is 0.620. The number of hydrogen-bond acceptors (Lipinski definition) is 5. The molecule has 2 unspecified atom stereocenters. The second kappa shape index (κ2) is 6.05. The van der Waals surface area contributed by atoms with Gasteiger partial charge in [0.15, 0.2) is 0 Å². The van der Waals surface area contributed by atoms with E-state index < -0.39 is 23.7 Å². The summed E-state index contributed by atoms with van der Waals surface area (Å²) in [5.74, 6) is -0.488. The van der Waals surface area contributed by atoms with Gasteiger partial charge in [-0.3, -0.25) is 4.79 Å². The minimum absolute atomic E-state index is 0.488. The molecule has 90 valence electrons. The summed E-state index contributed by atoms with van der Waals surface area (Å²) in [6, 6.07) is -0.654. The van der Waals surface area contributed by atoms with E-state index in [0.717, 1.165) is 0 Å². The van der Waals surface area contributed by atoms with Crippen molar-refractivity contribution >= 4 is 5.97 Å². The number of nitrogens with two attached hydrogens (primary N) is 2. The van der Waals surface area contributed by atoms with Crippen LogP contribution in [-0.4, -0.2) is 35.4 Å². The number of ether oxygens (including phenoxy) is 1. The summed E-state index contributed by atoms with van der Waals surface area (Å²) in [7, 11) is 0. The molecule has 0 heterocycles. The van der Waals surface area contributed by atoms with Crippen molar-refractivity contribution in [3.05, 3.63) is 0 Å². The van der Waals surface area contributed by atoms with Crippen LogP contribution in [-0.2, 0) is 9.53 Å². The average molecular weight is 218 g/mol. The molecular weight excluding hydrogens is 196 g/mol. The summed E-state index contributed by atoms with van der Waals surface area (Å²) >= 11 is 0. The van der Waals surface area contributed by atoms with Crippen molar-refractivity contribution in [2.75, 3.05) is 6.54 Å². The first kappa shape index (κ1) is 14.3. The molecule has 0 aliphatic heterocycles. The van der Waals surface area contributed by atoms with Crippen molar-refractivity contribution in [2.24, 2.45) is 11.5 Å². The molecule has 0 fully saturated rings. The number of hydrogen-bond donors (Lipinski definition) is 3. The van der Waals surface area contributed by atoms with Crippen molar-refractivity contribution < 1.29 is 14.6 Å². The molecule has 0 aromatic rings. The van der Waals surface area contributed by atoms with Gasteiger partial charge in [0.05, 0.1) is 5.60 Å². The lowest BCUT2D eigenvalue weighted by molar-refractivity contribution is -0.161. The second-order valence-corrected chi connectivity index (χ2v) is 4.27. The third-order valence-corrected chi connectivity index (χ3v) is 2.31. The third-order valence-electron chi connectivity index (χ3n) is 2.31. The van der Waals surface area contributed by atoms with Crippen molar-refractivity contribution in [2.45, 2.75) is 51.4 Å². The highest BCUT2D eigenvalue weighted by atomic mass is 16.6. The van der Waals surface area contributed by atoms with Gasteiger partial charge in [-0.15, -0.1) is 0 Å². The van der Waals surface area contributed by atoms with Crippen LogP contribution in [0.25, 0.3) is 0 Å². The van der Waals surface area contributed by atoms with Crippen molar-refractivity contribution in [1.29, 1.82) is 0 Å². The maximum Gasteiger partial charge on any atom is 0.323 e. The molecule has 0 radical (unpaired) electrons. The highest BCUT2D eigenvalue weighted by Crippen LogP contribution is 2.12. The van der Waals surface area contributed by atoms with Crippen LogP contribution < -0.4 is 11.5 Å². The van der Waals surface area contributed by atoms with Crippen molar-refractivity contribution in [3.63, 3.8) is 0 Å². The van der Waals surface area contributed by atoms with Gasteiger partial charge in [-0.2, -0.15) is 0 Å². The summed E-state index contributed by atoms with van der Waals surface area (Å²) in [4.78, 5) is 11.4. The zero-order chi connectivity index (χ0) is 12.1. The van der Waals surface area contributed by atoms with Gasteiger partial charge in [-0.05, 0) is 40.2 Å². The van der Waals surface area contributed by atoms with Gasteiger partial charge in [0.25, 0.3) is 0 Å². The molecule has 0 aromatic carbocycles. The highest BCUT2D eigenvalue weighted by molar-refractivity contribution is 5.75. The molecule has 0 saturated carbocycles. The molecule has 0 aliphatic carbocycles. The molecule has 5 N–H and O–H groups in total. The summed E-state index contributed by atoms with van der Waals surface area (Å²) in [6.45, 7) is 5.29. The minimum Gasteiger partial charge on any atom is -0.458 e. The van der Waals surface area contributed by atoms with Crippen LogP contribution in [0.5, 0.6) is 0 Å². The Hall–Kier alpha value is -0.650. The smallest absolute Gasteiger partial charge is 0.323 e. The van der Waals surface area contributed by atoms with Gasteiger partial charge in [0, 0.05) is 0 Å². The Morgan fingerprint density at radius 1 is 1.53 bits per heavy atom. The van der Waals surface area contributed by atoms with Crippen LogP contribution in [0.1, 0.15) is 33.6 Å². The van der Waals surface area contributed by atoms with Crippen LogP contribution >= 0.6 is 0 Å². The standard InChI is InChI=1S/C10H22N2O3/c1-7(10(2,3)14)15-9(13)8(12)5-4-6-11/h7-8,14H,4-6,11-12H2,1-3H3. The summed E-state index contributed by atoms with van der Waals surface area (Å²) in [5.41, 5.74) is 9.83. The highest BCUT2D eigenvalue weighted by Gasteiger charge is 2.27. The van der Waals surface area contributed by atoms with E-state index in [2.05, 4.69) is 0 Å². The molecule has 0 bridgehead atoms. The largest absolute Gasteiger partial charge is 0.458 e. The van der Waals surface area contributed by atoms with Gasteiger partial charge < -0.3 is 21.3 Å². The molecule has 15 heavy (non-hydrogen) atoms. The maximum atomic E-state index is 11.4. The fourth-order valence-electron chi connectivity index (χ4n) is 0.861. The Kier molecular flexibility index (Phi) is 5.79. The van der Waals surface area contributed by atoms with E-state index >= 15 is 0 Å². The van der Waals surface area contributed by atoms with E-state index in [1.165, 1.54) is 0 Å². The van der Waals surface area contributed by atoms with Crippen LogP contribution in [0.3, 0.4) is 0 Å². The predicted molar refractivity (Wildman–Crippen MR) is 58.1 cm³/mol. The Labute approximate surface area is 90.8 Å². The number of carbonyl (C=O) groups excluding carboxylic acids is 1. The zero-order valence-corrected chi connectivity index (χ0v) is 9.69. The maximum absolute atomic E-state index is 11.4. The predicted octanol–water partition coefficient (Wildman–Crippen LogP) is -0.245. The lowest BCUT2D eigenvalue weighted by Crippen LogP contribution is -2.42. The van der Waals surface area contributed by atoms with E-state index in [-0.39, 0.29) is 0 Å². The molecule has 0 aromatic heterocycles. The van der Waals surface area contributed by atoms with Crippen molar-refractivity contribution in [3.8, 4) is 0 Å². The van der Waals surface area contributed by atoms with E-state index in [1.807, 2.05) is 0 Å². The average Bonchev–Trinajstić information content (AvgIpc) is 2.12. The van der Waals surface area contributed by atoms with E-state index in [4.69, 9.17) is 16.2 Å². The monoisotopic (exact) mass is 218 g/mol. The Morgan fingerprint density at radius 2 is 2.07 bits per heavy atom. The van der Waals surface area contributed by atoms with Crippen LogP contribution in [0, 0.1) is 0 Å². The van der Waals surface area contributed by atoms with E-state index in [9.17, 15) is 9.90 Å². The summed E-state index contributed by atoms with van der Waals surface area (Å²) in [5, 5.41) is 9.55. The third kappa shape index (κ3) is 5.71. The van der Waals surface area contributed by atoms with Crippen LogP contribution in [0.15, 0.2) is 0 Å². The SMILES string of the molecule is CC(OC(=O)C(N)CCCN)C(C)(C)O.